The molecule has 0 atom stereocenters. The summed E-state index contributed by atoms with van der Waals surface area (Å²) in [4.78, 5) is 4.10. The second-order valence-corrected chi connectivity index (χ2v) is 5.43. The zero-order valence-electron chi connectivity index (χ0n) is 11.6. The third-order valence-electron chi connectivity index (χ3n) is 2.84. The monoisotopic (exact) mass is 334 g/mol. The Kier molecular flexibility index (Phi) is 6.02. The number of nitrogens with one attached hydrogen (secondary N) is 1. The lowest BCUT2D eigenvalue weighted by molar-refractivity contribution is 0.315. The highest BCUT2D eigenvalue weighted by Crippen LogP contribution is 2.26. The van der Waals surface area contributed by atoms with Gasteiger partial charge in [0.1, 0.15) is 5.75 Å². The van der Waals surface area contributed by atoms with E-state index in [-0.39, 0.29) is 0 Å². The minimum absolute atomic E-state index is 0.747. The highest BCUT2D eigenvalue weighted by molar-refractivity contribution is 9.10. The van der Waals surface area contributed by atoms with Gasteiger partial charge >= 0.3 is 0 Å². The van der Waals surface area contributed by atoms with Gasteiger partial charge in [-0.25, -0.2) is 0 Å². The van der Waals surface area contributed by atoms with Crippen molar-refractivity contribution < 1.29 is 4.74 Å². The maximum Gasteiger partial charge on any atom is 0.133 e. The zero-order chi connectivity index (χ0) is 14.2. The Bertz CT molecular complexity index is 531. The largest absolute Gasteiger partial charge is 0.492 e. The van der Waals surface area contributed by atoms with E-state index in [2.05, 4.69) is 51.4 Å². The van der Waals surface area contributed by atoms with Crippen LogP contribution in [0.2, 0.25) is 0 Å². The van der Waals surface area contributed by atoms with Gasteiger partial charge in [-0.2, -0.15) is 0 Å². The van der Waals surface area contributed by atoms with Crippen molar-refractivity contribution in [1.82, 2.24) is 10.3 Å². The van der Waals surface area contributed by atoms with Gasteiger partial charge in [0.15, 0.2) is 0 Å². The third-order valence-corrected chi connectivity index (χ3v) is 3.46. The first-order valence-electron chi connectivity index (χ1n) is 6.80. The van der Waals surface area contributed by atoms with Crippen LogP contribution in [-0.2, 0) is 13.1 Å². The first-order valence-corrected chi connectivity index (χ1v) is 7.59. The van der Waals surface area contributed by atoms with Crippen LogP contribution in [-0.4, -0.2) is 11.6 Å². The van der Waals surface area contributed by atoms with Crippen LogP contribution in [0.25, 0.3) is 0 Å². The van der Waals surface area contributed by atoms with Gasteiger partial charge in [-0.1, -0.05) is 19.1 Å². The molecule has 0 radical (unpaired) electrons. The lowest BCUT2D eigenvalue weighted by Crippen LogP contribution is -2.12. The van der Waals surface area contributed by atoms with Crippen molar-refractivity contribution >= 4 is 15.9 Å². The van der Waals surface area contributed by atoms with Gasteiger partial charge in [-0.3, -0.25) is 4.98 Å². The summed E-state index contributed by atoms with van der Waals surface area (Å²) >= 11 is 3.55. The van der Waals surface area contributed by atoms with Crippen LogP contribution >= 0.6 is 15.9 Å². The number of ether oxygens (including phenoxy) is 1. The molecule has 1 aromatic heterocycles. The van der Waals surface area contributed by atoms with Crippen molar-refractivity contribution in [2.45, 2.75) is 26.4 Å². The average molecular weight is 335 g/mol. The average Bonchev–Trinajstić information content (AvgIpc) is 2.47. The summed E-state index contributed by atoms with van der Waals surface area (Å²) in [7, 11) is 0. The van der Waals surface area contributed by atoms with Crippen molar-refractivity contribution in [3.8, 4) is 5.75 Å². The molecule has 0 unspecified atom stereocenters. The number of aromatic nitrogens is 1. The first kappa shape index (κ1) is 15.0. The van der Waals surface area contributed by atoms with Gasteiger partial charge in [-0.05, 0) is 51.7 Å². The Morgan fingerprint density at radius 1 is 1.20 bits per heavy atom. The van der Waals surface area contributed by atoms with Crippen LogP contribution in [0.5, 0.6) is 5.75 Å². The fraction of sp³-hybridized carbons (Fsp3) is 0.312. The number of rotatable bonds is 7. The van der Waals surface area contributed by atoms with E-state index < -0.39 is 0 Å². The van der Waals surface area contributed by atoms with Crippen LogP contribution in [0.3, 0.4) is 0 Å². The lowest BCUT2D eigenvalue weighted by atomic mass is 10.2. The first-order chi connectivity index (χ1) is 9.79. The molecule has 0 aliphatic rings. The van der Waals surface area contributed by atoms with Gasteiger partial charge in [0.2, 0.25) is 0 Å². The molecule has 0 bridgehead atoms. The molecule has 20 heavy (non-hydrogen) atoms. The van der Waals surface area contributed by atoms with Crippen molar-refractivity contribution in [1.29, 1.82) is 0 Å². The van der Waals surface area contributed by atoms with Crippen LogP contribution < -0.4 is 10.1 Å². The van der Waals surface area contributed by atoms with E-state index in [0.29, 0.717) is 0 Å². The van der Waals surface area contributed by atoms with Crippen LogP contribution in [0, 0.1) is 0 Å². The molecule has 0 aliphatic heterocycles. The molecule has 0 aliphatic carbocycles. The second kappa shape index (κ2) is 8.02. The molecule has 0 fully saturated rings. The fourth-order valence-corrected chi connectivity index (χ4v) is 2.38. The van der Waals surface area contributed by atoms with Gasteiger partial charge < -0.3 is 10.1 Å². The van der Waals surface area contributed by atoms with Crippen LogP contribution in [0.4, 0.5) is 0 Å². The molecule has 0 amide bonds. The van der Waals surface area contributed by atoms with Gasteiger partial charge in [0, 0.05) is 25.5 Å². The Hall–Kier alpha value is -1.39. The highest BCUT2D eigenvalue weighted by atomic mass is 79.9. The van der Waals surface area contributed by atoms with E-state index in [4.69, 9.17) is 4.74 Å². The Labute approximate surface area is 128 Å². The Balaban J connectivity index is 1.85. The number of pyridine rings is 1. The topological polar surface area (TPSA) is 34.1 Å². The molecule has 2 aromatic rings. The van der Waals surface area contributed by atoms with Gasteiger partial charge in [0.25, 0.3) is 0 Å². The Morgan fingerprint density at radius 2 is 2.05 bits per heavy atom. The van der Waals surface area contributed by atoms with E-state index in [9.17, 15) is 0 Å². The summed E-state index contributed by atoms with van der Waals surface area (Å²) < 4.78 is 6.65. The lowest BCUT2D eigenvalue weighted by Gasteiger charge is -2.09. The van der Waals surface area contributed by atoms with E-state index >= 15 is 0 Å². The quantitative estimate of drug-likeness (QED) is 0.833. The number of halogens is 1. The molecule has 1 heterocycles. The minimum atomic E-state index is 0.747. The summed E-state index contributed by atoms with van der Waals surface area (Å²) in [6.45, 7) is 4.49. The van der Waals surface area contributed by atoms with Gasteiger partial charge in [-0.15, -0.1) is 0 Å². The van der Waals surface area contributed by atoms with Gasteiger partial charge in [0.05, 0.1) is 11.1 Å². The molecule has 2 rings (SSSR count). The zero-order valence-corrected chi connectivity index (χ0v) is 13.2. The van der Waals surface area contributed by atoms with Crippen molar-refractivity contribution in [2.75, 3.05) is 6.61 Å². The predicted molar refractivity (Wildman–Crippen MR) is 84.7 cm³/mol. The molecule has 0 saturated heterocycles. The molecular weight excluding hydrogens is 316 g/mol. The minimum Gasteiger partial charge on any atom is -0.492 e. The van der Waals surface area contributed by atoms with Crippen molar-refractivity contribution in [2.24, 2.45) is 0 Å². The summed E-state index contributed by atoms with van der Waals surface area (Å²) in [6, 6.07) is 10.2. The summed E-state index contributed by atoms with van der Waals surface area (Å²) in [5, 5.41) is 3.41. The highest BCUT2D eigenvalue weighted by Gasteiger charge is 2.02. The third kappa shape index (κ3) is 4.62. The van der Waals surface area contributed by atoms with E-state index in [1.807, 2.05) is 18.3 Å². The van der Waals surface area contributed by atoms with Crippen molar-refractivity contribution in [3.05, 3.63) is 58.3 Å². The standard InChI is InChI=1S/C16H19BrN2O/c1-2-8-20-16-6-5-13(9-15(16)17)10-19-12-14-4-3-7-18-11-14/h3-7,9,11,19H,2,8,10,12H2,1H3. The van der Waals surface area contributed by atoms with Crippen LogP contribution in [0.15, 0.2) is 47.2 Å². The molecule has 106 valence electrons. The Morgan fingerprint density at radius 3 is 2.75 bits per heavy atom. The SMILES string of the molecule is CCCOc1ccc(CNCc2cccnc2)cc1Br. The number of nitrogens with zero attached hydrogens (tertiary/aromatic N) is 1. The maximum atomic E-state index is 5.64. The second-order valence-electron chi connectivity index (χ2n) is 4.58. The summed E-state index contributed by atoms with van der Waals surface area (Å²) in [5.41, 5.74) is 2.42. The molecule has 1 N–H and O–H groups in total. The molecule has 0 saturated carbocycles. The molecule has 4 heteroatoms. The van der Waals surface area contributed by atoms with Crippen molar-refractivity contribution in [3.63, 3.8) is 0 Å². The number of hydrogen-bond donors (Lipinski definition) is 1. The normalized spacial score (nSPS) is 10.5. The number of hydrogen-bond acceptors (Lipinski definition) is 3. The summed E-state index contributed by atoms with van der Waals surface area (Å²) in [6.07, 6.45) is 4.68. The molecular formula is C16H19BrN2O. The summed E-state index contributed by atoms with van der Waals surface area (Å²) in [5.74, 6) is 0.905. The predicted octanol–water partition coefficient (Wildman–Crippen LogP) is 3.92. The molecule has 0 spiro atoms. The van der Waals surface area contributed by atoms with Crippen LogP contribution in [0.1, 0.15) is 24.5 Å². The maximum absolute atomic E-state index is 5.64. The van der Waals surface area contributed by atoms with E-state index in [1.54, 1.807) is 6.20 Å². The molecule has 3 nitrogen and oxygen atoms in total. The van der Waals surface area contributed by atoms with E-state index in [0.717, 1.165) is 36.3 Å². The smallest absolute Gasteiger partial charge is 0.133 e. The fourth-order valence-electron chi connectivity index (χ4n) is 1.84. The van der Waals surface area contributed by atoms with E-state index in [1.165, 1.54) is 11.1 Å². The number of benzene rings is 1. The molecule has 1 aromatic carbocycles.